The Labute approximate surface area is 133 Å². The van der Waals surface area contributed by atoms with Gasteiger partial charge in [0.25, 0.3) is 0 Å². The Hall–Kier alpha value is -1.80. The van der Waals surface area contributed by atoms with Crippen molar-refractivity contribution in [2.45, 2.75) is 18.9 Å². The molecule has 0 bridgehead atoms. The van der Waals surface area contributed by atoms with Crippen molar-refractivity contribution in [1.29, 1.82) is 0 Å². The van der Waals surface area contributed by atoms with Crippen molar-refractivity contribution >= 4 is 26.6 Å². The molecule has 1 aromatic carbocycles. The second kappa shape index (κ2) is 6.01. The molecule has 0 amide bonds. The molecule has 1 atom stereocenters. The molecular formula is C15H17F2N3O2S. The van der Waals surface area contributed by atoms with Gasteiger partial charge in [-0.25, -0.2) is 17.2 Å². The van der Waals surface area contributed by atoms with Crippen LogP contribution in [0.2, 0.25) is 0 Å². The number of sulfonamides is 1. The van der Waals surface area contributed by atoms with Crippen LogP contribution in [-0.2, 0) is 10.0 Å². The van der Waals surface area contributed by atoms with Crippen molar-refractivity contribution in [3.8, 4) is 0 Å². The zero-order valence-corrected chi connectivity index (χ0v) is 13.4. The van der Waals surface area contributed by atoms with Gasteiger partial charge >= 0.3 is 0 Å². The molecule has 0 radical (unpaired) electrons. The first-order valence-corrected chi connectivity index (χ1v) is 9.15. The lowest BCUT2D eigenvalue weighted by molar-refractivity contribution is 0.402. The maximum atomic E-state index is 13.8. The number of fused-ring (bicyclic) bond motifs is 1. The second-order valence-electron chi connectivity index (χ2n) is 5.69. The highest BCUT2D eigenvalue weighted by molar-refractivity contribution is 7.88. The largest absolute Gasteiger partial charge is 0.383 e. The predicted octanol–water partition coefficient (Wildman–Crippen LogP) is 2.35. The van der Waals surface area contributed by atoms with Gasteiger partial charge in [0.2, 0.25) is 10.0 Å². The first-order chi connectivity index (χ1) is 10.9. The van der Waals surface area contributed by atoms with Gasteiger partial charge in [-0.15, -0.1) is 0 Å². The van der Waals surface area contributed by atoms with Crippen molar-refractivity contribution < 1.29 is 17.2 Å². The van der Waals surface area contributed by atoms with E-state index in [2.05, 4.69) is 10.3 Å². The second-order valence-corrected chi connectivity index (χ2v) is 7.63. The molecule has 0 unspecified atom stereocenters. The van der Waals surface area contributed by atoms with Crippen molar-refractivity contribution in [1.82, 2.24) is 9.29 Å². The van der Waals surface area contributed by atoms with Crippen molar-refractivity contribution in [3.05, 3.63) is 36.0 Å². The van der Waals surface area contributed by atoms with Crippen LogP contribution in [0.3, 0.4) is 0 Å². The highest BCUT2D eigenvalue weighted by atomic mass is 32.2. The number of nitrogens with zero attached hydrogens (tertiary/aromatic N) is 2. The van der Waals surface area contributed by atoms with Gasteiger partial charge in [0.15, 0.2) is 5.82 Å². The Morgan fingerprint density at radius 2 is 2.17 bits per heavy atom. The molecule has 1 aromatic heterocycles. The molecule has 2 aromatic rings. The standard InChI is InChI=1S/C15H17F2N3O2S/c1-23(21,22)20-6-2-3-11(20)9-19-14-4-5-18-15-12(14)7-10(16)8-13(15)17/h4-5,7-8,11H,2-3,6,9H2,1H3,(H,18,19)/t11-/m1/s1. The quantitative estimate of drug-likeness (QED) is 0.927. The average molecular weight is 341 g/mol. The smallest absolute Gasteiger partial charge is 0.211 e. The fourth-order valence-corrected chi connectivity index (χ4v) is 4.19. The van der Waals surface area contributed by atoms with E-state index in [9.17, 15) is 17.2 Å². The summed E-state index contributed by atoms with van der Waals surface area (Å²) in [6, 6.07) is 3.48. The molecule has 23 heavy (non-hydrogen) atoms. The first-order valence-electron chi connectivity index (χ1n) is 7.31. The highest BCUT2D eigenvalue weighted by Crippen LogP contribution is 2.26. The number of pyridine rings is 1. The van der Waals surface area contributed by atoms with Crippen LogP contribution in [0, 0.1) is 11.6 Å². The lowest BCUT2D eigenvalue weighted by atomic mass is 10.1. The van der Waals surface area contributed by atoms with Crippen molar-refractivity contribution in [2.75, 3.05) is 24.7 Å². The van der Waals surface area contributed by atoms with Crippen LogP contribution >= 0.6 is 0 Å². The Morgan fingerprint density at radius 3 is 2.91 bits per heavy atom. The van der Waals surface area contributed by atoms with Crippen LogP contribution in [0.15, 0.2) is 24.4 Å². The summed E-state index contributed by atoms with van der Waals surface area (Å²) in [5.74, 6) is -1.40. The lowest BCUT2D eigenvalue weighted by Crippen LogP contribution is -2.38. The molecule has 1 aliphatic rings. The molecule has 1 N–H and O–H groups in total. The molecule has 2 heterocycles. The van der Waals surface area contributed by atoms with Gasteiger partial charge in [0, 0.05) is 42.5 Å². The minimum absolute atomic E-state index is 0.0859. The van der Waals surface area contributed by atoms with E-state index in [0.29, 0.717) is 24.2 Å². The molecule has 1 aliphatic heterocycles. The molecule has 0 spiro atoms. The molecule has 1 saturated heterocycles. The van der Waals surface area contributed by atoms with Crippen LogP contribution in [0.5, 0.6) is 0 Å². The summed E-state index contributed by atoms with van der Waals surface area (Å²) in [4.78, 5) is 3.93. The Bertz CT molecular complexity index is 842. The first kappa shape index (κ1) is 16.1. The van der Waals surface area contributed by atoms with Gasteiger partial charge in [-0.3, -0.25) is 4.98 Å². The van der Waals surface area contributed by atoms with Crippen LogP contribution in [0.1, 0.15) is 12.8 Å². The van der Waals surface area contributed by atoms with E-state index in [-0.39, 0.29) is 11.6 Å². The monoisotopic (exact) mass is 341 g/mol. The Morgan fingerprint density at radius 1 is 1.39 bits per heavy atom. The summed E-state index contributed by atoms with van der Waals surface area (Å²) in [7, 11) is -3.25. The minimum Gasteiger partial charge on any atom is -0.383 e. The SMILES string of the molecule is CS(=O)(=O)N1CCC[C@@H]1CNc1ccnc2c(F)cc(F)cc12. The molecule has 3 rings (SSSR count). The number of nitrogens with one attached hydrogen (secondary N) is 1. The Balaban J connectivity index is 1.85. The number of hydrogen-bond acceptors (Lipinski definition) is 4. The van der Waals surface area contributed by atoms with Crippen molar-refractivity contribution in [2.24, 2.45) is 0 Å². The summed E-state index contributed by atoms with van der Waals surface area (Å²) >= 11 is 0. The number of hydrogen-bond donors (Lipinski definition) is 1. The molecule has 5 nitrogen and oxygen atoms in total. The average Bonchev–Trinajstić information content (AvgIpc) is 2.93. The van der Waals surface area contributed by atoms with E-state index >= 15 is 0 Å². The minimum atomic E-state index is -3.25. The van der Waals surface area contributed by atoms with Gasteiger partial charge < -0.3 is 5.32 Å². The number of benzene rings is 1. The van der Waals surface area contributed by atoms with Crippen LogP contribution < -0.4 is 5.32 Å². The summed E-state index contributed by atoms with van der Waals surface area (Å²) in [6.45, 7) is 0.885. The summed E-state index contributed by atoms with van der Waals surface area (Å²) in [5, 5.41) is 3.45. The molecule has 124 valence electrons. The third-order valence-corrected chi connectivity index (χ3v) is 5.37. The zero-order valence-electron chi connectivity index (χ0n) is 12.6. The third kappa shape index (κ3) is 3.28. The van der Waals surface area contributed by atoms with Gasteiger partial charge in [0.1, 0.15) is 11.3 Å². The molecular weight excluding hydrogens is 324 g/mol. The number of aromatic nitrogens is 1. The maximum Gasteiger partial charge on any atom is 0.211 e. The van der Waals surface area contributed by atoms with Gasteiger partial charge in [-0.05, 0) is 25.0 Å². The highest BCUT2D eigenvalue weighted by Gasteiger charge is 2.31. The maximum absolute atomic E-state index is 13.8. The summed E-state index contributed by atoms with van der Waals surface area (Å²) in [6.07, 6.45) is 4.19. The molecule has 0 saturated carbocycles. The number of rotatable bonds is 4. The van der Waals surface area contributed by atoms with E-state index < -0.39 is 21.7 Å². The summed E-state index contributed by atoms with van der Waals surface area (Å²) in [5.41, 5.74) is 0.622. The van der Waals surface area contributed by atoms with E-state index in [1.807, 2.05) is 0 Å². The van der Waals surface area contributed by atoms with Crippen LogP contribution in [-0.4, -0.2) is 43.1 Å². The van der Waals surface area contributed by atoms with Crippen LogP contribution in [0.25, 0.3) is 10.9 Å². The third-order valence-electron chi connectivity index (χ3n) is 4.04. The van der Waals surface area contributed by atoms with Gasteiger partial charge in [-0.1, -0.05) is 0 Å². The molecule has 0 aliphatic carbocycles. The number of halogens is 2. The van der Waals surface area contributed by atoms with Crippen LogP contribution in [0.4, 0.5) is 14.5 Å². The van der Waals surface area contributed by atoms with E-state index in [1.54, 1.807) is 6.07 Å². The fraction of sp³-hybridized carbons (Fsp3) is 0.400. The summed E-state index contributed by atoms with van der Waals surface area (Å²) < 4.78 is 52.2. The Kier molecular flexibility index (Phi) is 4.20. The lowest BCUT2D eigenvalue weighted by Gasteiger charge is -2.23. The molecule has 8 heteroatoms. The number of anilines is 1. The topological polar surface area (TPSA) is 62.3 Å². The van der Waals surface area contributed by atoms with E-state index in [0.717, 1.165) is 18.9 Å². The van der Waals surface area contributed by atoms with Crippen molar-refractivity contribution in [3.63, 3.8) is 0 Å². The van der Waals surface area contributed by atoms with Gasteiger partial charge in [0.05, 0.1) is 6.26 Å². The predicted molar refractivity (Wildman–Crippen MR) is 84.7 cm³/mol. The fourth-order valence-electron chi connectivity index (χ4n) is 3.01. The normalized spacial score (nSPS) is 19.3. The molecule has 1 fully saturated rings. The zero-order chi connectivity index (χ0) is 16.6. The van der Waals surface area contributed by atoms with Gasteiger partial charge in [-0.2, -0.15) is 4.31 Å². The van der Waals surface area contributed by atoms with E-state index in [4.69, 9.17) is 0 Å². The van der Waals surface area contributed by atoms with E-state index in [1.165, 1.54) is 22.8 Å².